The van der Waals surface area contributed by atoms with Crippen LogP contribution in [-0.4, -0.2) is 16.3 Å². The minimum Gasteiger partial charge on any atom is -0.346 e. The minimum absolute atomic E-state index is 0.124. The molecule has 0 atom stereocenters. The normalized spacial score (nSPS) is 10.3. The standard InChI is InChI=1S/C20H15FN2O2/c21-17-8-6-15(7-9-17)19(24)14-23-12-10-18(11-13-23)22-20(25)16-4-2-1-3-5-16/h1-13H,14H2. The lowest BCUT2D eigenvalue weighted by Crippen LogP contribution is -2.13. The Hall–Kier alpha value is -3.34. The molecular formula is C20H15FN2O2. The molecule has 0 bridgehead atoms. The Labute approximate surface area is 143 Å². The lowest BCUT2D eigenvalue weighted by Gasteiger charge is -2.05. The van der Waals surface area contributed by atoms with Crippen molar-refractivity contribution >= 4 is 11.7 Å². The summed E-state index contributed by atoms with van der Waals surface area (Å²) in [6.45, 7) is 0.124. The summed E-state index contributed by atoms with van der Waals surface area (Å²) in [5.74, 6) is -0.825. The van der Waals surface area contributed by atoms with E-state index >= 15 is 0 Å². The van der Waals surface area contributed by atoms with Gasteiger partial charge in [0.2, 0.25) is 0 Å². The van der Waals surface area contributed by atoms with Gasteiger partial charge in [-0.2, -0.15) is 0 Å². The van der Waals surface area contributed by atoms with Gasteiger partial charge in [0.05, 0.1) is 11.9 Å². The van der Waals surface area contributed by atoms with Crippen LogP contribution in [0.25, 0.3) is 0 Å². The van der Waals surface area contributed by atoms with Crippen LogP contribution in [0.1, 0.15) is 20.7 Å². The molecule has 124 valence electrons. The molecule has 3 aromatic rings. The van der Waals surface area contributed by atoms with Crippen LogP contribution in [0.15, 0.2) is 84.1 Å². The predicted octanol–water partition coefficient (Wildman–Crippen LogP) is 3.25. The topological polar surface area (TPSA) is 51.4 Å². The number of pyridine rings is 1. The number of hydrogen-bond acceptors (Lipinski definition) is 2. The van der Waals surface area contributed by atoms with E-state index in [1.54, 1.807) is 53.4 Å². The van der Waals surface area contributed by atoms with Crippen LogP contribution in [0, 0.1) is 5.82 Å². The van der Waals surface area contributed by atoms with Gasteiger partial charge in [-0.3, -0.25) is 9.59 Å². The van der Waals surface area contributed by atoms with E-state index in [9.17, 15) is 14.0 Å². The maximum atomic E-state index is 12.9. The quantitative estimate of drug-likeness (QED) is 0.688. The third-order valence-corrected chi connectivity index (χ3v) is 3.62. The summed E-state index contributed by atoms with van der Waals surface area (Å²) in [5, 5.41) is 0.513. The molecule has 0 spiro atoms. The number of hydrogen-bond donors (Lipinski definition) is 0. The number of benzene rings is 2. The summed E-state index contributed by atoms with van der Waals surface area (Å²) in [5.41, 5.74) is 0.965. The number of amides is 1. The van der Waals surface area contributed by atoms with Gasteiger partial charge >= 0.3 is 0 Å². The number of ketones is 1. The second kappa shape index (κ2) is 7.49. The van der Waals surface area contributed by atoms with Gasteiger partial charge in [-0.15, -0.1) is 0 Å². The van der Waals surface area contributed by atoms with Crippen LogP contribution in [0.5, 0.6) is 0 Å². The van der Waals surface area contributed by atoms with Crippen molar-refractivity contribution in [2.75, 3.05) is 0 Å². The van der Waals surface area contributed by atoms with Gasteiger partial charge in [0.25, 0.3) is 5.91 Å². The first-order valence-electron chi connectivity index (χ1n) is 7.71. The second-order valence-corrected chi connectivity index (χ2v) is 5.44. The van der Waals surface area contributed by atoms with Gasteiger partial charge in [0.1, 0.15) is 5.82 Å². The molecule has 1 aromatic heterocycles. The van der Waals surface area contributed by atoms with Crippen LogP contribution in [-0.2, 0) is 6.54 Å². The van der Waals surface area contributed by atoms with E-state index in [4.69, 9.17) is 0 Å². The number of aromatic nitrogens is 1. The fourth-order valence-corrected chi connectivity index (χ4v) is 2.28. The van der Waals surface area contributed by atoms with E-state index in [1.165, 1.54) is 24.3 Å². The van der Waals surface area contributed by atoms with Gasteiger partial charge in [0, 0.05) is 23.5 Å². The summed E-state index contributed by atoms with van der Waals surface area (Å²) in [7, 11) is 0. The molecule has 25 heavy (non-hydrogen) atoms. The molecule has 1 amide bonds. The number of halogens is 1. The molecule has 0 aliphatic heterocycles. The number of carbonyl (C=O) groups excluding carboxylic acids is 2. The van der Waals surface area contributed by atoms with E-state index in [1.807, 2.05) is 6.07 Å². The van der Waals surface area contributed by atoms with Crippen molar-refractivity contribution in [1.29, 1.82) is 0 Å². The SMILES string of the molecule is O=C(Cn1ccc(=NC(=O)c2ccccc2)cc1)c1ccc(F)cc1. The van der Waals surface area contributed by atoms with Crippen molar-refractivity contribution < 1.29 is 14.0 Å². The molecule has 0 saturated heterocycles. The molecule has 0 aliphatic carbocycles. The number of nitrogens with zero attached hydrogens (tertiary/aromatic N) is 2. The molecule has 5 heteroatoms. The van der Waals surface area contributed by atoms with Crippen molar-refractivity contribution in [3.8, 4) is 0 Å². The zero-order valence-electron chi connectivity index (χ0n) is 13.3. The van der Waals surface area contributed by atoms with Crippen molar-refractivity contribution in [2.45, 2.75) is 6.54 Å². The fourth-order valence-electron chi connectivity index (χ4n) is 2.28. The van der Waals surface area contributed by atoms with Crippen LogP contribution in [0.2, 0.25) is 0 Å². The highest BCUT2D eigenvalue weighted by atomic mass is 19.1. The Kier molecular flexibility index (Phi) is 4.95. The molecule has 0 N–H and O–H groups in total. The van der Waals surface area contributed by atoms with E-state index in [0.29, 0.717) is 16.5 Å². The predicted molar refractivity (Wildman–Crippen MR) is 91.5 cm³/mol. The van der Waals surface area contributed by atoms with E-state index in [0.717, 1.165) is 0 Å². The molecule has 2 aromatic carbocycles. The van der Waals surface area contributed by atoms with Gasteiger partial charge in [-0.05, 0) is 48.5 Å². The van der Waals surface area contributed by atoms with Gasteiger partial charge < -0.3 is 4.57 Å². The first-order valence-corrected chi connectivity index (χ1v) is 7.71. The average molecular weight is 334 g/mol. The average Bonchev–Trinajstić information content (AvgIpc) is 2.64. The molecule has 4 nitrogen and oxygen atoms in total. The monoisotopic (exact) mass is 334 g/mol. The van der Waals surface area contributed by atoms with Crippen molar-refractivity contribution in [3.63, 3.8) is 0 Å². The lowest BCUT2D eigenvalue weighted by molar-refractivity contribution is 0.0969. The summed E-state index contributed by atoms with van der Waals surface area (Å²) < 4.78 is 14.6. The molecular weight excluding hydrogens is 319 g/mol. The Balaban J connectivity index is 1.72. The second-order valence-electron chi connectivity index (χ2n) is 5.44. The third-order valence-electron chi connectivity index (χ3n) is 3.62. The first kappa shape index (κ1) is 16.5. The molecule has 0 saturated carbocycles. The highest BCUT2D eigenvalue weighted by Crippen LogP contribution is 2.05. The Bertz CT molecular complexity index is 940. The van der Waals surface area contributed by atoms with Crippen LogP contribution >= 0.6 is 0 Å². The zero-order chi connectivity index (χ0) is 17.6. The summed E-state index contributed by atoms with van der Waals surface area (Å²) in [4.78, 5) is 28.2. The number of rotatable bonds is 4. The number of Topliss-reactive ketones (excluding diaryl/α,β-unsaturated/α-hetero) is 1. The van der Waals surface area contributed by atoms with Crippen molar-refractivity contribution in [2.24, 2.45) is 4.99 Å². The maximum absolute atomic E-state index is 12.9. The summed E-state index contributed by atoms with van der Waals surface area (Å²) in [6, 6.07) is 17.6. The van der Waals surface area contributed by atoms with E-state index < -0.39 is 0 Å². The van der Waals surface area contributed by atoms with Gasteiger partial charge in [0.15, 0.2) is 5.78 Å². The van der Waals surface area contributed by atoms with Gasteiger partial charge in [-0.1, -0.05) is 18.2 Å². The molecule has 0 aliphatic rings. The van der Waals surface area contributed by atoms with E-state index in [-0.39, 0.29) is 24.1 Å². The minimum atomic E-state index is -0.377. The Morgan fingerprint density at radius 3 is 2.12 bits per heavy atom. The Morgan fingerprint density at radius 1 is 0.840 bits per heavy atom. The lowest BCUT2D eigenvalue weighted by atomic mass is 10.1. The van der Waals surface area contributed by atoms with Crippen molar-refractivity contribution in [3.05, 3.63) is 101 Å². The summed E-state index contributed by atoms with van der Waals surface area (Å²) >= 11 is 0. The van der Waals surface area contributed by atoms with Crippen molar-refractivity contribution in [1.82, 2.24) is 4.57 Å². The molecule has 0 radical (unpaired) electrons. The Morgan fingerprint density at radius 2 is 1.48 bits per heavy atom. The van der Waals surface area contributed by atoms with Crippen LogP contribution in [0.3, 0.4) is 0 Å². The van der Waals surface area contributed by atoms with Crippen LogP contribution in [0.4, 0.5) is 4.39 Å². The maximum Gasteiger partial charge on any atom is 0.277 e. The molecule has 3 rings (SSSR count). The smallest absolute Gasteiger partial charge is 0.277 e. The molecule has 1 heterocycles. The largest absolute Gasteiger partial charge is 0.346 e. The highest BCUT2D eigenvalue weighted by molar-refractivity contribution is 5.96. The first-order chi connectivity index (χ1) is 12.1. The van der Waals surface area contributed by atoms with Crippen LogP contribution < -0.4 is 5.36 Å². The third kappa shape index (κ3) is 4.35. The fraction of sp³-hybridized carbons (Fsp3) is 0.0500. The zero-order valence-corrected chi connectivity index (χ0v) is 13.3. The highest BCUT2D eigenvalue weighted by Gasteiger charge is 2.06. The molecule has 0 fully saturated rings. The molecule has 0 unspecified atom stereocenters. The van der Waals surface area contributed by atoms with Gasteiger partial charge in [-0.25, -0.2) is 9.38 Å². The number of carbonyl (C=O) groups is 2. The summed E-state index contributed by atoms with van der Waals surface area (Å²) in [6.07, 6.45) is 3.36. The van der Waals surface area contributed by atoms with E-state index in [2.05, 4.69) is 4.99 Å².